The van der Waals surface area contributed by atoms with Gasteiger partial charge in [-0.2, -0.15) is 0 Å². The summed E-state index contributed by atoms with van der Waals surface area (Å²) in [5.41, 5.74) is 2.54. The van der Waals surface area contributed by atoms with Crippen molar-refractivity contribution in [3.8, 4) is 11.8 Å². The van der Waals surface area contributed by atoms with Crippen molar-refractivity contribution in [3.63, 3.8) is 0 Å². The molecule has 1 N–H and O–H groups in total. The van der Waals surface area contributed by atoms with E-state index in [1.807, 2.05) is 0 Å². The molecule has 0 radical (unpaired) electrons. The highest BCUT2D eigenvalue weighted by atomic mass is 32.1. The number of aryl methyl sites for hydroxylation is 1. The van der Waals surface area contributed by atoms with E-state index in [0.717, 1.165) is 11.4 Å². The van der Waals surface area contributed by atoms with Crippen LogP contribution < -0.4 is 4.90 Å². The molecular formula is C17H19NOS. The summed E-state index contributed by atoms with van der Waals surface area (Å²) in [6, 6.07) is 12.6. The molecule has 104 valence electrons. The number of para-hydroxylation sites is 1. The Bertz CT molecular complexity index is 621. The second-order valence-corrected chi connectivity index (χ2v) is 5.85. The number of aliphatic hydroxyl groups excluding tert-OH is 1. The van der Waals surface area contributed by atoms with Crippen molar-refractivity contribution in [2.75, 3.05) is 18.6 Å². The Balaban J connectivity index is 2.04. The Labute approximate surface area is 124 Å². The van der Waals surface area contributed by atoms with Gasteiger partial charge < -0.3 is 10.0 Å². The van der Waals surface area contributed by atoms with E-state index in [-0.39, 0.29) is 6.61 Å². The molecular weight excluding hydrogens is 266 g/mol. The fourth-order valence-corrected chi connectivity index (χ4v) is 2.98. The predicted octanol–water partition coefficient (Wildman–Crippen LogP) is 3.43. The summed E-state index contributed by atoms with van der Waals surface area (Å²) in [6.07, 6.45) is 0.538. The predicted molar refractivity (Wildman–Crippen MR) is 86.2 cm³/mol. The zero-order valence-electron chi connectivity index (χ0n) is 11.9. The number of benzene rings is 1. The van der Waals surface area contributed by atoms with Gasteiger partial charge in [0, 0.05) is 24.0 Å². The van der Waals surface area contributed by atoms with E-state index < -0.39 is 0 Å². The highest BCUT2D eigenvalue weighted by molar-refractivity contribution is 7.12. The van der Waals surface area contributed by atoms with Gasteiger partial charge in [-0.3, -0.25) is 0 Å². The molecule has 0 fully saturated rings. The summed E-state index contributed by atoms with van der Waals surface area (Å²) in [6.45, 7) is 3.14. The third kappa shape index (κ3) is 3.86. The number of rotatable bonds is 4. The van der Waals surface area contributed by atoms with Crippen molar-refractivity contribution in [2.24, 2.45) is 0 Å². The van der Waals surface area contributed by atoms with Crippen LogP contribution in [0.25, 0.3) is 0 Å². The summed E-state index contributed by atoms with van der Waals surface area (Å²) in [7, 11) is 2.11. The van der Waals surface area contributed by atoms with Crippen LogP contribution in [0.4, 0.5) is 5.69 Å². The molecule has 0 saturated carbocycles. The van der Waals surface area contributed by atoms with Crippen LogP contribution in [-0.4, -0.2) is 18.8 Å². The average Bonchev–Trinajstić information content (AvgIpc) is 2.87. The maximum Gasteiger partial charge on any atom is 0.0772 e. The molecule has 0 aliphatic carbocycles. The Morgan fingerprint density at radius 3 is 2.75 bits per heavy atom. The second kappa shape index (κ2) is 7.14. The minimum absolute atomic E-state index is 0.126. The van der Waals surface area contributed by atoms with Crippen molar-refractivity contribution in [2.45, 2.75) is 19.9 Å². The summed E-state index contributed by atoms with van der Waals surface area (Å²) < 4.78 is 0. The van der Waals surface area contributed by atoms with Crippen LogP contribution in [0, 0.1) is 18.8 Å². The lowest BCUT2D eigenvalue weighted by Crippen LogP contribution is -2.16. The third-order valence-corrected chi connectivity index (χ3v) is 4.02. The largest absolute Gasteiger partial charge is 0.395 e. The molecule has 0 unspecified atom stereocenters. The lowest BCUT2D eigenvalue weighted by Gasteiger charge is -2.20. The molecule has 3 heteroatoms. The SMILES string of the molecule is Cc1ccccc1N(C)Cc1ccc(C#CCCO)s1. The number of anilines is 1. The Morgan fingerprint density at radius 1 is 1.20 bits per heavy atom. The monoisotopic (exact) mass is 285 g/mol. The molecule has 0 bridgehead atoms. The van der Waals surface area contributed by atoms with Gasteiger partial charge in [0.25, 0.3) is 0 Å². The number of thiophene rings is 1. The van der Waals surface area contributed by atoms with Crippen molar-refractivity contribution >= 4 is 17.0 Å². The fourth-order valence-electron chi connectivity index (χ4n) is 2.05. The lowest BCUT2D eigenvalue weighted by molar-refractivity contribution is 0.305. The van der Waals surface area contributed by atoms with Crippen LogP contribution in [-0.2, 0) is 6.54 Å². The van der Waals surface area contributed by atoms with Gasteiger partial charge in [0.15, 0.2) is 0 Å². The lowest BCUT2D eigenvalue weighted by atomic mass is 10.2. The fraction of sp³-hybridized carbons (Fsp3) is 0.294. The Kier molecular flexibility index (Phi) is 5.23. The molecule has 0 aliphatic heterocycles. The van der Waals surface area contributed by atoms with Gasteiger partial charge in [-0.15, -0.1) is 11.3 Å². The minimum atomic E-state index is 0.126. The Morgan fingerprint density at radius 2 is 2.00 bits per heavy atom. The molecule has 2 aromatic rings. The zero-order valence-corrected chi connectivity index (χ0v) is 12.7. The zero-order chi connectivity index (χ0) is 14.4. The summed E-state index contributed by atoms with van der Waals surface area (Å²) >= 11 is 1.72. The van der Waals surface area contributed by atoms with Crippen LogP contribution in [0.1, 0.15) is 21.7 Å². The van der Waals surface area contributed by atoms with Gasteiger partial charge in [-0.25, -0.2) is 0 Å². The first kappa shape index (κ1) is 14.6. The molecule has 0 aliphatic rings. The van der Waals surface area contributed by atoms with Crippen LogP contribution in [0.5, 0.6) is 0 Å². The molecule has 0 amide bonds. The molecule has 0 saturated heterocycles. The topological polar surface area (TPSA) is 23.5 Å². The van der Waals surface area contributed by atoms with E-state index in [2.05, 4.69) is 67.1 Å². The maximum absolute atomic E-state index is 8.71. The van der Waals surface area contributed by atoms with Crippen LogP contribution in [0.3, 0.4) is 0 Å². The van der Waals surface area contributed by atoms with Crippen LogP contribution in [0.2, 0.25) is 0 Å². The van der Waals surface area contributed by atoms with Gasteiger partial charge >= 0.3 is 0 Å². The standard InChI is InChI=1S/C17H19NOS/c1-14-7-3-4-9-17(14)18(2)13-16-11-10-15(20-16)8-5-6-12-19/h3-4,7,9-11,19H,6,12-13H2,1-2H3. The van der Waals surface area contributed by atoms with Crippen molar-refractivity contribution in [3.05, 3.63) is 51.7 Å². The van der Waals surface area contributed by atoms with Gasteiger partial charge in [0.1, 0.15) is 0 Å². The normalized spacial score (nSPS) is 9.95. The Hall–Kier alpha value is -1.76. The average molecular weight is 285 g/mol. The molecule has 0 atom stereocenters. The van der Waals surface area contributed by atoms with Crippen molar-refractivity contribution in [1.82, 2.24) is 0 Å². The van der Waals surface area contributed by atoms with Crippen molar-refractivity contribution in [1.29, 1.82) is 0 Å². The quantitative estimate of drug-likeness (QED) is 0.870. The molecule has 1 aromatic heterocycles. The molecule has 20 heavy (non-hydrogen) atoms. The van der Waals surface area contributed by atoms with E-state index >= 15 is 0 Å². The molecule has 2 nitrogen and oxygen atoms in total. The summed E-state index contributed by atoms with van der Waals surface area (Å²) in [4.78, 5) is 4.61. The number of aliphatic hydroxyl groups is 1. The van der Waals surface area contributed by atoms with E-state index in [1.165, 1.54) is 16.1 Å². The first-order valence-electron chi connectivity index (χ1n) is 6.66. The molecule has 1 heterocycles. The van der Waals surface area contributed by atoms with Crippen LogP contribution >= 0.6 is 11.3 Å². The first-order chi connectivity index (χ1) is 9.70. The number of nitrogens with zero attached hydrogens (tertiary/aromatic N) is 1. The maximum atomic E-state index is 8.71. The number of hydrogen-bond acceptors (Lipinski definition) is 3. The highest BCUT2D eigenvalue weighted by Crippen LogP contribution is 2.23. The molecule has 0 spiro atoms. The van der Waals surface area contributed by atoms with E-state index in [0.29, 0.717) is 6.42 Å². The second-order valence-electron chi connectivity index (χ2n) is 4.68. The van der Waals surface area contributed by atoms with Crippen LogP contribution in [0.15, 0.2) is 36.4 Å². The van der Waals surface area contributed by atoms with Gasteiger partial charge in [-0.1, -0.05) is 30.0 Å². The van der Waals surface area contributed by atoms with E-state index in [9.17, 15) is 0 Å². The van der Waals surface area contributed by atoms with Gasteiger partial charge in [-0.05, 0) is 30.7 Å². The summed E-state index contributed by atoms with van der Waals surface area (Å²) in [5, 5.41) is 8.71. The number of hydrogen-bond donors (Lipinski definition) is 1. The first-order valence-corrected chi connectivity index (χ1v) is 7.47. The van der Waals surface area contributed by atoms with Gasteiger partial charge in [0.05, 0.1) is 18.0 Å². The summed E-state index contributed by atoms with van der Waals surface area (Å²) in [5.74, 6) is 6.04. The van der Waals surface area contributed by atoms with Crippen molar-refractivity contribution < 1.29 is 5.11 Å². The third-order valence-electron chi connectivity index (χ3n) is 3.03. The smallest absolute Gasteiger partial charge is 0.0772 e. The minimum Gasteiger partial charge on any atom is -0.395 e. The highest BCUT2D eigenvalue weighted by Gasteiger charge is 2.06. The molecule has 2 rings (SSSR count). The van der Waals surface area contributed by atoms with E-state index in [1.54, 1.807) is 11.3 Å². The van der Waals surface area contributed by atoms with Gasteiger partial charge in [0.2, 0.25) is 0 Å². The molecule has 1 aromatic carbocycles. The van der Waals surface area contributed by atoms with E-state index in [4.69, 9.17) is 5.11 Å².